The number of carbonyl (C=O) groups excluding carboxylic acids is 1. The molecule has 3 rings (SSSR count). The van der Waals surface area contributed by atoms with Crippen molar-refractivity contribution in [2.75, 3.05) is 6.54 Å². The summed E-state index contributed by atoms with van der Waals surface area (Å²) in [7, 11) is 0. The first-order valence-electron chi connectivity index (χ1n) is 8.79. The fraction of sp³-hybridized carbons (Fsp3) is 0.579. The first kappa shape index (κ1) is 16.8. The average molecular weight is 330 g/mol. The highest BCUT2D eigenvalue weighted by atomic mass is 16.5. The topological polar surface area (TPSA) is 59.5 Å². The SMILES string of the molecule is CCc1ccc([C@H]2C[C@@H](C)CCN2C(=O)Cc2c(C)noc2C)o1. The molecular weight excluding hydrogens is 304 g/mol. The molecule has 1 aliphatic rings. The van der Waals surface area contributed by atoms with Crippen molar-refractivity contribution < 1.29 is 13.7 Å². The van der Waals surface area contributed by atoms with E-state index in [4.69, 9.17) is 8.94 Å². The number of rotatable bonds is 4. The number of furan rings is 1. The lowest BCUT2D eigenvalue weighted by molar-refractivity contribution is -0.135. The summed E-state index contributed by atoms with van der Waals surface area (Å²) in [5.41, 5.74) is 1.71. The molecule has 0 unspecified atom stereocenters. The summed E-state index contributed by atoms with van der Waals surface area (Å²) in [6, 6.07) is 4.07. The summed E-state index contributed by atoms with van der Waals surface area (Å²) >= 11 is 0. The lowest BCUT2D eigenvalue weighted by Gasteiger charge is -2.37. The molecule has 0 spiro atoms. The average Bonchev–Trinajstić information content (AvgIpc) is 3.16. The van der Waals surface area contributed by atoms with Gasteiger partial charge in [-0.15, -0.1) is 0 Å². The summed E-state index contributed by atoms with van der Waals surface area (Å²) in [5, 5.41) is 3.95. The number of aromatic nitrogens is 1. The van der Waals surface area contributed by atoms with Gasteiger partial charge in [0, 0.05) is 18.5 Å². The van der Waals surface area contributed by atoms with Crippen molar-refractivity contribution in [3.63, 3.8) is 0 Å². The molecule has 2 aromatic heterocycles. The summed E-state index contributed by atoms with van der Waals surface area (Å²) in [6.07, 6.45) is 3.19. The predicted octanol–water partition coefficient (Wildman–Crippen LogP) is 3.99. The lowest BCUT2D eigenvalue weighted by atomic mass is 9.90. The molecule has 0 aliphatic carbocycles. The van der Waals surface area contributed by atoms with Gasteiger partial charge >= 0.3 is 0 Å². The molecule has 0 radical (unpaired) electrons. The number of hydrogen-bond acceptors (Lipinski definition) is 4. The van der Waals surface area contributed by atoms with E-state index in [1.54, 1.807) is 0 Å². The Balaban J connectivity index is 1.82. The molecule has 1 saturated heterocycles. The zero-order valence-electron chi connectivity index (χ0n) is 15.0. The molecule has 0 N–H and O–H groups in total. The van der Waals surface area contributed by atoms with Crippen molar-refractivity contribution in [1.82, 2.24) is 10.1 Å². The molecule has 1 fully saturated rings. The van der Waals surface area contributed by atoms with Gasteiger partial charge in [-0.25, -0.2) is 0 Å². The Kier molecular flexibility index (Phi) is 4.78. The van der Waals surface area contributed by atoms with Crippen LogP contribution in [0.15, 0.2) is 21.1 Å². The van der Waals surface area contributed by atoms with Crippen LogP contribution >= 0.6 is 0 Å². The maximum absolute atomic E-state index is 13.0. The van der Waals surface area contributed by atoms with Gasteiger partial charge in [-0.1, -0.05) is 19.0 Å². The molecule has 1 aliphatic heterocycles. The second kappa shape index (κ2) is 6.83. The van der Waals surface area contributed by atoms with Gasteiger partial charge in [-0.05, 0) is 44.7 Å². The molecule has 130 valence electrons. The van der Waals surface area contributed by atoms with Crippen LogP contribution in [-0.2, 0) is 17.6 Å². The van der Waals surface area contributed by atoms with E-state index in [0.717, 1.165) is 54.3 Å². The highest BCUT2D eigenvalue weighted by Gasteiger charge is 2.33. The summed E-state index contributed by atoms with van der Waals surface area (Å²) < 4.78 is 11.1. The first-order valence-corrected chi connectivity index (χ1v) is 8.79. The van der Waals surface area contributed by atoms with Gasteiger partial charge < -0.3 is 13.8 Å². The molecule has 2 atom stereocenters. The lowest BCUT2D eigenvalue weighted by Crippen LogP contribution is -2.41. The van der Waals surface area contributed by atoms with Crippen molar-refractivity contribution in [2.24, 2.45) is 5.92 Å². The quantitative estimate of drug-likeness (QED) is 0.850. The van der Waals surface area contributed by atoms with E-state index in [1.807, 2.05) is 30.9 Å². The van der Waals surface area contributed by atoms with E-state index >= 15 is 0 Å². The van der Waals surface area contributed by atoms with Crippen LogP contribution < -0.4 is 0 Å². The largest absolute Gasteiger partial charge is 0.464 e. The minimum Gasteiger partial charge on any atom is -0.464 e. The van der Waals surface area contributed by atoms with Crippen LogP contribution in [0.3, 0.4) is 0 Å². The van der Waals surface area contributed by atoms with Crippen LogP contribution in [0.2, 0.25) is 0 Å². The molecular formula is C19H26N2O3. The van der Waals surface area contributed by atoms with E-state index in [0.29, 0.717) is 12.3 Å². The highest BCUT2D eigenvalue weighted by Crippen LogP contribution is 2.35. The molecule has 1 amide bonds. The van der Waals surface area contributed by atoms with Gasteiger partial charge in [-0.3, -0.25) is 4.79 Å². The number of likely N-dealkylation sites (tertiary alicyclic amines) is 1. The number of amides is 1. The minimum atomic E-state index is 0.0297. The Morgan fingerprint density at radius 2 is 2.17 bits per heavy atom. The molecule has 0 saturated carbocycles. The van der Waals surface area contributed by atoms with Crippen LogP contribution in [0.5, 0.6) is 0 Å². The predicted molar refractivity (Wildman–Crippen MR) is 90.6 cm³/mol. The van der Waals surface area contributed by atoms with Crippen LogP contribution in [0.1, 0.15) is 61.3 Å². The summed E-state index contributed by atoms with van der Waals surface area (Å²) in [5.74, 6) is 3.32. The molecule has 2 aromatic rings. The third-order valence-corrected chi connectivity index (χ3v) is 5.05. The monoisotopic (exact) mass is 330 g/mol. The normalized spacial score (nSPS) is 21.2. The van der Waals surface area contributed by atoms with Gasteiger partial charge in [0.2, 0.25) is 5.91 Å². The zero-order valence-corrected chi connectivity index (χ0v) is 15.0. The number of aryl methyl sites for hydroxylation is 3. The van der Waals surface area contributed by atoms with E-state index in [1.165, 1.54) is 0 Å². The number of hydrogen-bond donors (Lipinski definition) is 0. The smallest absolute Gasteiger partial charge is 0.227 e. The Morgan fingerprint density at radius 3 is 2.79 bits per heavy atom. The Morgan fingerprint density at radius 1 is 1.38 bits per heavy atom. The van der Waals surface area contributed by atoms with Gasteiger partial charge in [0.25, 0.3) is 0 Å². The Hall–Kier alpha value is -2.04. The van der Waals surface area contributed by atoms with Gasteiger partial charge in [0.15, 0.2) is 0 Å². The number of piperidine rings is 1. The Bertz CT molecular complexity index is 697. The van der Waals surface area contributed by atoms with Crippen molar-refractivity contribution >= 4 is 5.91 Å². The van der Waals surface area contributed by atoms with Crippen LogP contribution in [0, 0.1) is 19.8 Å². The summed E-state index contributed by atoms with van der Waals surface area (Å²) in [6.45, 7) is 8.84. The summed E-state index contributed by atoms with van der Waals surface area (Å²) in [4.78, 5) is 14.9. The fourth-order valence-electron chi connectivity index (χ4n) is 3.48. The molecule has 0 bridgehead atoms. The maximum atomic E-state index is 13.0. The van der Waals surface area contributed by atoms with E-state index in [9.17, 15) is 4.79 Å². The molecule has 24 heavy (non-hydrogen) atoms. The van der Waals surface area contributed by atoms with E-state index in [-0.39, 0.29) is 11.9 Å². The van der Waals surface area contributed by atoms with Gasteiger partial charge in [0.1, 0.15) is 17.3 Å². The molecule has 5 nitrogen and oxygen atoms in total. The maximum Gasteiger partial charge on any atom is 0.227 e. The zero-order chi connectivity index (χ0) is 17.3. The second-order valence-corrected chi connectivity index (χ2v) is 6.87. The second-order valence-electron chi connectivity index (χ2n) is 6.87. The number of nitrogens with zero attached hydrogens (tertiary/aromatic N) is 2. The van der Waals surface area contributed by atoms with Gasteiger partial charge in [-0.2, -0.15) is 0 Å². The van der Waals surface area contributed by atoms with Crippen LogP contribution in [0.4, 0.5) is 0 Å². The van der Waals surface area contributed by atoms with Crippen LogP contribution in [0.25, 0.3) is 0 Å². The Labute approximate surface area is 143 Å². The minimum absolute atomic E-state index is 0.0297. The van der Waals surface area contributed by atoms with Crippen molar-refractivity contribution in [3.8, 4) is 0 Å². The fourth-order valence-corrected chi connectivity index (χ4v) is 3.48. The first-order chi connectivity index (χ1) is 11.5. The number of carbonyl (C=O) groups is 1. The van der Waals surface area contributed by atoms with Crippen molar-refractivity contribution in [2.45, 2.75) is 59.4 Å². The highest BCUT2D eigenvalue weighted by molar-refractivity contribution is 5.79. The third kappa shape index (κ3) is 3.25. The van der Waals surface area contributed by atoms with Crippen molar-refractivity contribution in [3.05, 3.63) is 40.7 Å². The third-order valence-electron chi connectivity index (χ3n) is 5.05. The molecule has 0 aromatic carbocycles. The van der Waals surface area contributed by atoms with E-state index in [2.05, 4.69) is 19.0 Å². The standard InChI is InChI=1S/C19H26N2O3/c1-5-15-6-7-18(23-15)17-10-12(2)8-9-21(17)19(22)11-16-13(3)20-24-14(16)4/h6-7,12,17H,5,8-11H2,1-4H3/t12-,17+/m0/s1. The van der Waals surface area contributed by atoms with Crippen molar-refractivity contribution in [1.29, 1.82) is 0 Å². The molecule has 3 heterocycles. The van der Waals surface area contributed by atoms with Crippen LogP contribution in [-0.4, -0.2) is 22.5 Å². The van der Waals surface area contributed by atoms with Gasteiger partial charge in [0.05, 0.1) is 18.2 Å². The molecule has 5 heteroatoms. The van der Waals surface area contributed by atoms with E-state index < -0.39 is 0 Å².